The average Bonchev–Trinajstić information content (AvgIpc) is 3.51. The zero-order valence-electron chi connectivity index (χ0n) is 26.7. The van der Waals surface area contributed by atoms with Crippen LogP contribution in [-0.4, -0.2) is 9.55 Å². The van der Waals surface area contributed by atoms with Crippen LogP contribution in [0.25, 0.3) is 60.5 Å². The van der Waals surface area contributed by atoms with Crippen molar-refractivity contribution in [3.8, 4) is 27.9 Å². The number of anilines is 1. The predicted molar refractivity (Wildman–Crippen MR) is 203 cm³/mol. The molecule has 0 fully saturated rings. The summed E-state index contributed by atoms with van der Waals surface area (Å²) in [5, 5.41) is 5.04. The van der Waals surface area contributed by atoms with Crippen LogP contribution in [0.2, 0.25) is 0 Å². The zero-order chi connectivity index (χ0) is 32.5. The summed E-state index contributed by atoms with van der Waals surface area (Å²) in [6, 6.07) is 63.9. The minimum Gasteiger partial charge on any atom is -0.369 e. The van der Waals surface area contributed by atoms with Gasteiger partial charge in [0.2, 0.25) is 5.95 Å². The van der Waals surface area contributed by atoms with Crippen LogP contribution in [-0.2, 0) is 5.41 Å². The van der Waals surface area contributed by atoms with Gasteiger partial charge in [0.15, 0.2) is 0 Å². The van der Waals surface area contributed by atoms with Crippen LogP contribution >= 0.6 is 0 Å². The van der Waals surface area contributed by atoms with Gasteiger partial charge in [0, 0.05) is 5.69 Å². The van der Waals surface area contributed by atoms with Crippen LogP contribution < -0.4 is 5.73 Å². The van der Waals surface area contributed by atoms with Crippen LogP contribution in [0.3, 0.4) is 0 Å². The first-order valence-electron chi connectivity index (χ1n) is 16.8. The molecule has 0 saturated heterocycles. The monoisotopic (exact) mass is 625 g/mol. The third kappa shape index (κ3) is 3.81. The molecule has 230 valence electrons. The molecule has 3 nitrogen and oxygen atoms in total. The van der Waals surface area contributed by atoms with E-state index in [0.717, 1.165) is 22.3 Å². The van der Waals surface area contributed by atoms with Crippen LogP contribution in [0.15, 0.2) is 176 Å². The standard InChI is InChI=1S/C46H31N3/c47-45-48-40-24-11-12-25-41(40)49(45)33-28-26-30(27-29-33)42-36-19-7-8-20-37(36)44-43-35(21-13-22-38(42)43)34-18-9-10-23-39(34)46(44,31-14-3-1-4-15-31)32-16-5-2-6-17-32/h1-29H,(H2,47,48). The summed E-state index contributed by atoms with van der Waals surface area (Å²) in [7, 11) is 0. The number of nitrogens with zero attached hydrogens (tertiary/aromatic N) is 2. The molecule has 2 N–H and O–H groups in total. The Balaban J connectivity index is 1.33. The molecule has 8 aromatic carbocycles. The molecule has 1 heterocycles. The smallest absolute Gasteiger partial charge is 0.205 e. The summed E-state index contributed by atoms with van der Waals surface area (Å²) < 4.78 is 2.03. The Morgan fingerprint density at radius 3 is 1.84 bits per heavy atom. The summed E-state index contributed by atoms with van der Waals surface area (Å²) >= 11 is 0. The van der Waals surface area contributed by atoms with Crippen molar-refractivity contribution in [3.63, 3.8) is 0 Å². The third-order valence-corrected chi connectivity index (χ3v) is 10.5. The van der Waals surface area contributed by atoms with E-state index in [-0.39, 0.29) is 0 Å². The summed E-state index contributed by atoms with van der Waals surface area (Å²) in [5.41, 5.74) is 18.9. The first-order chi connectivity index (χ1) is 24.2. The van der Waals surface area contributed by atoms with Crippen molar-refractivity contribution in [2.75, 3.05) is 5.73 Å². The molecule has 0 spiro atoms. The number of nitrogens with two attached hydrogens (primary N) is 1. The highest BCUT2D eigenvalue weighted by Crippen LogP contribution is 2.58. The van der Waals surface area contributed by atoms with Crippen LogP contribution in [0.4, 0.5) is 5.95 Å². The normalized spacial score (nSPS) is 13.1. The third-order valence-electron chi connectivity index (χ3n) is 10.5. The lowest BCUT2D eigenvalue weighted by Gasteiger charge is -2.43. The van der Waals surface area contributed by atoms with Gasteiger partial charge in [-0.1, -0.05) is 152 Å². The maximum absolute atomic E-state index is 6.45. The molecule has 0 radical (unpaired) electrons. The van der Waals surface area contributed by atoms with E-state index < -0.39 is 5.41 Å². The molecular weight excluding hydrogens is 595 g/mol. The Hall–Kier alpha value is -6.45. The number of rotatable bonds is 4. The molecule has 10 rings (SSSR count). The van der Waals surface area contributed by atoms with Gasteiger partial charge in [-0.05, 0) is 90.3 Å². The fourth-order valence-corrected chi connectivity index (χ4v) is 8.57. The second-order valence-corrected chi connectivity index (χ2v) is 12.9. The Kier molecular flexibility index (Phi) is 5.94. The Morgan fingerprint density at radius 2 is 1.08 bits per heavy atom. The fraction of sp³-hybridized carbons (Fsp3) is 0.0217. The van der Waals surface area contributed by atoms with Gasteiger partial charge in [-0.25, -0.2) is 4.98 Å². The van der Waals surface area contributed by atoms with E-state index in [0.29, 0.717) is 5.95 Å². The van der Waals surface area contributed by atoms with E-state index >= 15 is 0 Å². The van der Waals surface area contributed by atoms with E-state index in [2.05, 4.69) is 163 Å². The zero-order valence-corrected chi connectivity index (χ0v) is 26.7. The van der Waals surface area contributed by atoms with Crippen molar-refractivity contribution >= 4 is 38.5 Å². The molecule has 0 saturated carbocycles. The van der Waals surface area contributed by atoms with Crippen LogP contribution in [0.1, 0.15) is 22.3 Å². The fourth-order valence-electron chi connectivity index (χ4n) is 8.57. The van der Waals surface area contributed by atoms with Crippen molar-refractivity contribution in [1.82, 2.24) is 9.55 Å². The summed E-state index contributed by atoms with van der Waals surface area (Å²) in [4.78, 5) is 4.61. The van der Waals surface area contributed by atoms with Crippen LogP contribution in [0.5, 0.6) is 0 Å². The largest absolute Gasteiger partial charge is 0.369 e. The number of aromatic nitrogens is 2. The van der Waals surface area contributed by atoms with E-state index in [4.69, 9.17) is 5.73 Å². The van der Waals surface area contributed by atoms with Gasteiger partial charge in [0.1, 0.15) is 0 Å². The number of imidazole rings is 1. The first kappa shape index (κ1) is 27.6. The number of nitrogen functional groups attached to an aromatic ring is 1. The van der Waals surface area contributed by atoms with E-state index in [1.54, 1.807) is 0 Å². The van der Waals surface area contributed by atoms with Gasteiger partial charge in [0.05, 0.1) is 16.4 Å². The predicted octanol–water partition coefficient (Wildman–Crippen LogP) is 10.9. The lowest BCUT2D eigenvalue weighted by atomic mass is 9.58. The number of hydrogen-bond donors (Lipinski definition) is 1. The van der Waals surface area contributed by atoms with Crippen molar-refractivity contribution in [1.29, 1.82) is 0 Å². The number of para-hydroxylation sites is 2. The highest BCUT2D eigenvalue weighted by atomic mass is 15.2. The molecule has 1 aliphatic rings. The molecule has 0 unspecified atom stereocenters. The van der Waals surface area contributed by atoms with Gasteiger partial charge in [-0.2, -0.15) is 0 Å². The molecule has 0 bridgehead atoms. The SMILES string of the molecule is Nc1nc2ccccc2n1-c1ccc(-c2c3ccccc3c3c4c(cccc24)-c2ccccc2C3(c2ccccc2)c2ccccc2)cc1. The summed E-state index contributed by atoms with van der Waals surface area (Å²) in [6.07, 6.45) is 0. The van der Waals surface area contributed by atoms with Crippen molar-refractivity contribution in [2.45, 2.75) is 5.41 Å². The molecule has 0 aliphatic heterocycles. The Morgan fingerprint density at radius 1 is 0.490 bits per heavy atom. The quantitative estimate of drug-likeness (QED) is 0.198. The van der Waals surface area contributed by atoms with Crippen molar-refractivity contribution < 1.29 is 0 Å². The number of fused-ring (bicyclic) bond motifs is 5. The molecule has 1 aromatic heterocycles. The van der Waals surface area contributed by atoms with Gasteiger partial charge in [-0.3, -0.25) is 4.57 Å². The first-order valence-corrected chi connectivity index (χ1v) is 16.8. The molecule has 9 aromatic rings. The number of benzene rings is 8. The highest BCUT2D eigenvalue weighted by molar-refractivity contribution is 6.21. The van der Waals surface area contributed by atoms with Gasteiger partial charge in [-0.15, -0.1) is 0 Å². The minimum atomic E-state index is -0.534. The average molecular weight is 626 g/mol. The second kappa shape index (κ2) is 10.5. The molecule has 1 aliphatic carbocycles. The second-order valence-electron chi connectivity index (χ2n) is 12.9. The molecular formula is C46H31N3. The maximum Gasteiger partial charge on any atom is 0.205 e. The maximum atomic E-state index is 6.45. The Labute approximate surface area is 284 Å². The van der Waals surface area contributed by atoms with Gasteiger partial charge in [0.25, 0.3) is 0 Å². The molecule has 0 amide bonds. The Bertz CT molecular complexity index is 2670. The highest BCUT2D eigenvalue weighted by Gasteiger charge is 2.45. The van der Waals surface area contributed by atoms with Gasteiger partial charge >= 0.3 is 0 Å². The number of hydrogen-bond acceptors (Lipinski definition) is 2. The van der Waals surface area contributed by atoms with E-state index in [9.17, 15) is 0 Å². The van der Waals surface area contributed by atoms with Crippen LogP contribution in [0, 0.1) is 0 Å². The van der Waals surface area contributed by atoms with Crippen molar-refractivity contribution in [2.24, 2.45) is 0 Å². The van der Waals surface area contributed by atoms with Gasteiger partial charge < -0.3 is 5.73 Å². The van der Waals surface area contributed by atoms with Crippen molar-refractivity contribution in [3.05, 3.63) is 198 Å². The molecule has 0 atom stereocenters. The molecule has 3 heteroatoms. The lowest BCUT2D eigenvalue weighted by Crippen LogP contribution is -2.34. The minimum absolute atomic E-state index is 0.484. The van der Waals surface area contributed by atoms with E-state index in [1.807, 2.05) is 22.8 Å². The summed E-state index contributed by atoms with van der Waals surface area (Å²) in [5.74, 6) is 0.484. The lowest BCUT2D eigenvalue weighted by molar-refractivity contribution is 0.757. The topological polar surface area (TPSA) is 43.8 Å². The summed E-state index contributed by atoms with van der Waals surface area (Å²) in [6.45, 7) is 0. The molecule has 49 heavy (non-hydrogen) atoms. The van der Waals surface area contributed by atoms with E-state index in [1.165, 1.54) is 60.5 Å².